The molecule has 1 N–H and O–H groups in total. The largest absolute Gasteiger partial charge is 0.481 e. The molecule has 0 aromatic heterocycles. The van der Waals surface area contributed by atoms with Crippen LogP contribution >= 0.6 is 11.6 Å². The lowest BCUT2D eigenvalue weighted by molar-refractivity contribution is -0.139. The highest BCUT2D eigenvalue weighted by Crippen LogP contribution is 2.60. The Morgan fingerprint density at radius 2 is 2.31 bits per heavy atom. The van der Waals surface area contributed by atoms with Gasteiger partial charge >= 0.3 is 5.97 Å². The van der Waals surface area contributed by atoms with Gasteiger partial charge in [-0.3, -0.25) is 4.79 Å². The summed E-state index contributed by atoms with van der Waals surface area (Å²) in [5.41, 5.74) is 2.42. The van der Waals surface area contributed by atoms with E-state index in [1.54, 1.807) is 0 Å². The molecule has 0 saturated heterocycles. The first kappa shape index (κ1) is 10.2. The van der Waals surface area contributed by atoms with Crippen molar-refractivity contribution in [1.82, 2.24) is 0 Å². The first-order valence-corrected chi connectivity index (χ1v) is 6.03. The Labute approximate surface area is 99.2 Å². The van der Waals surface area contributed by atoms with Crippen molar-refractivity contribution in [2.45, 2.75) is 31.1 Å². The quantitative estimate of drug-likeness (QED) is 0.814. The average Bonchev–Trinajstić information content (AvgIpc) is 2.93. The first-order valence-electron chi connectivity index (χ1n) is 5.65. The smallest absolute Gasteiger partial charge is 0.307 e. The van der Waals surface area contributed by atoms with Crippen LogP contribution in [0.3, 0.4) is 0 Å². The minimum Gasteiger partial charge on any atom is -0.481 e. The maximum atomic E-state index is 11.1. The molecule has 0 amide bonds. The molecule has 1 saturated carbocycles. The molecule has 0 aliphatic heterocycles. The maximum Gasteiger partial charge on any atom is 0.307 e. The van der Waals surface area contributed by atoms with Gasteiger partial charge in [-0.15, -0.1) is 0 Å². The van der Waals surface area contributed by atoms with Crippen LogP contribution in [-0.2, 0) is 16.6 Å². The van der Waals surface area contributed by atoms with Gasteiger partial charge in [-0.1, -0.05) is 17.7 Å². The topological polar surface area (TPSA) is 37.3 Å². The second-order valence-corrected chi connectivity index (χ2v) is 5.34. The van der Waals surface area contributed by atoms with E-state index in [0.717, 1.165) is 30.7 Å². The zero-order valence-corrected chi connectivity index (χ0v) is 9.63. The Kier molecular flexibility index (Phi) is 2.05. The Morgan fingerprint density at radius 1 is 1.50 bits per heavy atom. The van der Waals surface area contributed by atoms with Gasteiger partial charge in [0.15, 0.2) is 0 Å². The normalized spacial score (nSPS) is 31.2. The third-order valence-electron chi connectivity index (χ3n) is 4.05. The Hall–Kier alpha value is -1.02. The minimum absolute atomic E-state index is 0.0655. The van der Waals surface area contributed by atoms with Crippen molar-refractivity contribution in [2.75, 3.05) is 0 Å². The molecule has 3 rings (SSSR count). The van der Waals surface area contributed by atoms with Crippen LogP contribution in [0.2, 0.25) is 5.02 Å². The number of carboxylic acids is 1. The standard InChI is InChI=1S/C13H13ClO2/c14-9-3-4-10-8(6-9)2-1-5-13(10)7-11(13)12(15)16/h3-4,6,11H,1-2,5,7H2,(H,15,16). The van der Waals surface area contributed by atoms with Gasteiger partial charge in [0.25, 0.3) is 0 Å². The van der Waals surface area contributed by atoms with Gasteiger partial charge in [-0.25, -0.2) is 0 Å². The molecule has 84 valence electrons. The van der Waals surface area contributed by atoms with Gasteiger partial charge in [-0.2, -0.15) is 0 Å². The molecule has 16 heavy (non-hydrogen) atoms. The summed E-state index contributed by atoms with van der Waals surface area (Å²) in [4.78, 5) is 11.1. The molecule has 0 bridgehead atoms. The van der Waals surface area contributed by atoms with Crippen molar-refractivity contribution >= 4 is 17.6 Å². The minimum atomic E-state index is -0.650. The van der Waals surface area contributed by atoms with E-state index in [0.29, 0.717) is 0 Å². The van der Waals surface area contributed by atoms with Gasteiger partial charge in [0.05, 0.1) is 5.92 Å². The molecule has 2 aliphatic carbocycles. The fourth-order valence-electron chi connectivity index (χ4n) is 3.19. The van der Waals surface area contributed by atoms with E-state index in [9.17, 15) is 4.79 Å². The fourth-order valence-corrected chi connectivity index (χ4v) is 3.38. The van der Waals surface area contributed by atoms with Crippen LogP contribution in [-0.4, -0.2) is 11.1 Å². The lowest BCUT2D eigenvalue weighted by Gasteiger charge is -2.26. The number of hydrogen-bond donors (Lipinski definition) is 1. The Bertz CT molecular complexity index is 469. The monoisotopic (exact) mass is 236 g/mol. The molecule has 1 spiro atoms. The summed E-state index contributed by atoms with van der Waals surface area (Å²) < 4.78 is 0. The van der Waals surface area contributed by atoms with Crippen LogP contribution in [0, 0.1) is 5.92 Å². The van der Waals surface area contributed by atoms with E-state index in [1.807, 2.05) is 18.2 Å². The van der Waals surface area contributed by atoms with E-state index < -0.39 is 5.97 Å². The molecule has 2 unspecified atom stereocenters. The number of hydrogen-bond acceptors (Lipinski definition) is 1. The van der Waals surface area contributed by atoms with Crippen LogP contribution in [0.1, 0.15) is 30.4 Å². The highest BCUT2D eigenvalue weighted by atomic mass is 35.5. The summed E-state index contributed by atoms with van der Waals surface area (Å²) in [5.74, 6) is -0.824. The summed E-state index contributed by atoms with van der Waals surface area (Å²) >= 11 is 5.97. The molecule has 0 heterocycles. The lowest BCUT2D eigenvalue weighted by atomic mass is 9.78. The maximum absolute atomic E-state index is 11.1. The number of carboxylic acid groups (broad SMARTS) is 1. The van der Waals surface area contributed by atoms with Crippen LogP contribution < -0.4 is 0 Å². The van der Waals surface area contributed by atoms with Crippen LogP contribution in [0.15, 0.2) is 18.2 Å². The van der Waals surface area contributed by atoms with Crippen molar-refractivity contribution in [2.24, 2.45) is 5.92 Å². The van der Waals surface area contributed by atoms with Gasteiger partial charge < -0.3 is 5.11 Å². The summed E-state index contributed by atoms with van der Waals surface area (Å²) in [5, 5.41) is 9.88. The highest BCUT2D eigenvalue weighted by Gasteiger charge is 2.60. The van der Waals surface area contributed by atoms with Crippen LogP contribution in [0.25, 0.3) is 0 Å². The lowest BCUT2D eigenvalue weighted by Crippen LogP contribution is -2.21. The molecule has 3 heteroatoms. The SMILES string of the molecule is O=C(O)C1CC12CCCc1cc(Cl)ccc12. The molecule has 0 radical (unpaired) electrons. The molecule has 1 fully saturated rings. The van der Waals surface area contributed by atoms with Crippen molar-refractivity contribution in [3.8, 4) is 0 Å². The van der Waals surface area contributed by atoms with Crippen molar-refractivity contribution < 1.29 is 9.90 Å². The highest BCUT2D eigenvalue weighted by molar-refractivity contribution is 6.30. The van der Waals surface area contributed by atoms with Crippen molar-refractivity contribution in [3.05, 3.63) is 34.3 Å². The first-order chi connectivity index (χ1) is 7.63. The van der Waals surface area contributed by atoms with Crippen molar-refractivity contribution in [1.29, 1.82) is 0 Å². The fraction of sp³-hybridized carbons (Fsp3) is 0.462. The van der Waals surface area contributed by atoms with Crippen LogP contribution in [0.4, 0.5) is 0 Å². The predicted octanol–water partition coefficient (Wildman–Crippen LogP) is 3.02. The second kappa shape index (κ2) is 3.24. The number of halogens is 1. The van der Waals surface area contributed by atoms with E-state index in [4.69, 9.17) is 16.7 Å². The van der Waals surface area contributed by atoms with Gasteiger partial charge in [0.2, 0.25) is 0 Å². The van der Waals surface area contributed by atoms with E-state index >= 15 is 0 Å². The molecule has 1 aromatic carbocycles. The van der Waals surface area contributed by atoms with Gasteiger partial charge in [0.1, 0.15) is 0 Å². The molecule has 2 nitrogen and oxygen atoms in total. The average molecular weight is 237 g/mol. The number of carbonyl (C=O) groups is 1. The van der Waals surface area contributed by atoms with Crippen molar-refractivity contribution in [3.63, 3.8) is 0 Å². The number of aryl methyl sites for hydroxylation is 1. The van der Waals surface area contributed by atoms with Crippen LogP contribution in [0.5, 0.6) is 0 Å². The van der Waals surface area contributed by atoms with Gasteiger partial charge in [-0.05, 0) is 48.9 Å². The zero-order chi connectivity index (χ0) is 11.3. The summed E-state index contributed by atoms with van der Waals surface area (Å²) in [7, 11) is 0. The molecule has 2 atom stereocenters. The third kappa shape index (κ3) is 1.29. The Morgan fingerprint density at radius 3 is 3.00 bits per heavy atom. The molecular weight excluding hydrogens is 224 g/mol. The summed E-state index contributed by atoms with van der Waals surface area (Å²) in [6, 6.07) is 5.90. The second-order valence-electron chi connectivity index (χ2n) is 4.91. The molecular formula is C13H13ClO2. The van der Waals surface area contributed by atoms with Gasteiger partial charge in [0, 0.05) is 10.4 Å². The van der Waals surface area contributed by atoms with E-state index in [1.165, 1.54) is 11.1 Å². The summed E-state index contributed by atoms with van der Waals surface area (Å²) in [6.45, 7) is 0. The number of aliphatic carboxylic acids is 1. The number of benzene rings is 1. The molecule has 1 aromatic rings. The zero-order valence-electron chi connectivity index (χ0n) is 8.87. The number of rotatable bonds is 1. The molecule has 2 aliphatic rings. The number of fused-ring (bicyclic) bond motifs is 2. The van der Waals surface area contributed by atoms with E-state index in [-0.39, 0.29) is 11.3 Å². The predicted molar refractivity (Wildman–Crippen MR) is 61.8 cm³/mol. The van der Waals surface area contributed by atoms with E-state index in [2.05, 4.69) is 0 Å². The Balaban J connectivity index is 2.05. The summed E-state index contributed by atoms with van der Waals surface area (Å²) in [6.07, 6.45) is 3.93. The third-order valence-corrected chi connectivity index (χ3v) is 4.28.